The zero-order valence-corrected chi connectivity index (χ0v) is 10.2. The monoisotopic (exact) mass is 254 g/mol. The number of amides is 3. The summed E-state index contributed by atoms with van der Waals surface area (Å²) in [5.74, 6) is -0.396. The summed E-state index contributed by atoms with van der Waals surface area (Å²) in [5, 5.41) is 2.47. The standard InChI is InChI=1S/C10H14N4O2S/c1-6(8(15)13-9(11)16)17-10-12-4-5-14(10)7-2-3-7/h4-7H,2-3H2,1H3,(H3,11,13,15,16)/t6-/m1/s1. The fourth-order valence-corrected chi connectivity index (χ4v) is 2.39. The molecule has 0 bridgehead atoms. The van der Waals surface area contributed by atoms with Gasteiger partial charge in [-0.05, 0) is 19.8 Å². The van der Waals surface area contributed by atoms with Gasteiger partial charge in [-0.25, -0.2) is 9.78 Å². The first-order valence-corrected chi connectivity index (χ1v) is 6.25. The van der Waals surface area contributed by atoms with Crippen molar-refractivity contribution < 1.29 is 9.59 Å². The Balaban J connectivity index is 1.97. The molecule has 1 aliphatic carbocycles. The van der Waals surface area contributed by atoms with Crippen LogP contribution in [0.3, 0.4) is 0 Å². The van der Waals surface area contributed by atoms with Crippen molar-refractivity contribution >= 4 is 23.7 Å². The number of nitrogens with two attached hydrogens (primary N) is 1. The number of imide groups is 1. The van der Waals surface area contributed by atoms with Gasteiger partial charge >= 0.3 is 6.03 Å². The summed E-state index contributed by atoms with van der Waals surface area (Å²) in [6.45, 7) is 1.72. The van der Waals surface area contributed by atoms with Crippen molar-refractivity contribution in [1.82, 2.24) is 14.9 Å². The number of hydrogen-bond acceptors (Lipinski definition) is 4. The first-order chi connectivity index (χ1) is 8.08. The van der Waals surface area contributed by atoms with Crippen molar-refractivity contribution in [3.63, 3.8) is 0 Å². The molecule has 17 heavy (non-hydrogen) atoms. The average molecular weight is 254 g/mol. The number of hydrogen-bond donors (Lipinski definition) is 2. The van der Waals surface area contributed by atoms with Crippen LogP contribution in [0.5, 0.6) is 0 Å². The zero-order chi connectivity index (χ0) is 12.4. The molecule has 1 saturated carbocycles. The molecule has 0 radical (unpaired) electrons. The minimum Gasteiger partial charge on any atom is -0.351 e. The number of aromatic nitrogens is 2. The highest BCUT2D eigenvalue weighted by molar-refractivity contribution is 8.00. The Kier molecular flexibility index (Phi) is 3.37. The largest absolute Gasteiger partial charge is 0.351 e. The molecule has 3 N–H and O–H groups in total. The third-order valence-corrected chi connectivity index (χ3v) is 3.57. The third-order valence-electron chi connectivity index (χ3n) is 2.47. The summed E-state index contributed by atoms with van der Waals surface area (Å²) in [6.07, 6.45) is 5.95. The highest BCUT2D eigenvalue weighted by atomic mass is 32.2. The van der Waals surface area contributed by atoms with Crippen LogP contribution in [0.25, 0.3) is 0 Å². The number of carbonyl (C=O) groups excluding carboxylic acids is 2. The highest BCUT2D eigenvalue weighted by Crippen LogP contribution is 2.38. The summed E-state index contributed by atoms with van der Waals surface area (Å²) >= 11 is 1.33. The Labute approximate surface area is 103 Å². The molecule has 1 atom stereocenters. The molecule has 1 aromatic rings. The highest BCUT2D eigenvalue weighted by Gasteiger charge is 2.27. The molecule has 0 spiro atoms. The number of primary amides is 1. The van der Waals surface area contributed by atoms with Crippen LogP contribution in [0.4, 0.5) is 4.79 Å². The topological polar surface area (TPSA) is 90.0 Å². The normalized spacial score (nSPS) is 16.5. The number of carbonyl (C=O) groups is 2. The van der Waals surface area contributed by atoms with Gasteiger partial charge in [-0.1, -0.05) is 11.8 Å². The summed E-state index contributed by atoms with van der Waals surface area (Å²) in [5.41, 5.74) is 4.89. The van der Waals surface area contributed by atoms with Crippen LogP contribution < -0.4 is 11.1 Å². The van der Waals surface area contributed by atoms with Crippen molar-refractivity contribution in [2.45, 2.75) is 36.2 Å². The molecule has 3 amide bonds. The van der Waals surface area contributed by atoms with E-state index in [1.165, 1.54) is 11.8 Å². The van der Waals surface area contributed by atoms with Crippen LogP contribution in [0.1, 0.15) is 25.8 Å². The summed E-state index contributed by atoms with van der Waals surface area (Å²) in [4.78, 5) is 26.3. The minimum absolute atomic E-state index is 0.396. The maximum absolute atomic E-state index is 11.5. The lowest BCUT2D eigenvalue weighted by atomic mass is 10.4. The zero-order valence-electron chi connectivity index (χ0n) is 9.42. The second-order valence-corrected chi connectivity index (χ2v) is 5.27. The summed E-state index contributed by atoms with van der Waals surface area (Å²) in [6, 6.07) is -0.306. The molecule has 1 aliphatic rings. The van der Waals surface area contributed by atoms with Gasteiger partial charge in [0.15, 0.2) is 5.16 Å². The van der Waals surface area contributed by atoms with Gasteiger partial charge < -0.3 is 10.3 Å². The fourth-order valence-electron chi connectivity index (χ4n) is 1.46. The predicted octanol–water partition coefficient (Wildman–Crippen LogP) is 0.894. The molecule has 1 fully saturated rings. The Morgan fingerprint density at radius 3 is 2.94 bits per heavy atom. The second-order valence-electron chi connectivity index (χ2n) is 3.96. The second kappa shape index (κ2) is 4.79. The van der Waals surface area contributed by atoms with E-state index in [0.717, 1.165) is 18.0 Å². The molecule has 0 saturated heterocycles. The Morgan fingerprint density at radius 1 is 1.65 bits per heavy atom. The maximum Gasteiger partial charge on any atom is 0.318 e. The van der Waals surface area contributed by atoms with Gasteiger partial charge in [0.05, 0.1) is 5.25 Å². The van der Waals surface area contributed by atoms with Crippen LogP contribution in [0.2, 0.25) is 0 Å². The van der Waals surface area contributed by atoms with Gasteiger partial charge in [-0.15, -0.1) is 0 Å². The number of thioether (sulfide) groups is 1. The molecule has 92 valence electrons. The van der Waals surface area contributed by atoms with Gasteiger partial charge in [-0.3, -0.25) is 10.1 Å². The Morgan fingerprint density at radius 2 is 2.35 bits per heavy atom. The molecular formula is C10H14N4O2S. The van der Waals surface area contributed by atoms with Crippen LogP contribution in [0.15, 0.2) is 17.6 Å². The Hall–Kier alpha value is -1.50. The maximum atomic E-state index is 11.5. The van der Waals surface area contributed by atoms with E-state index in [1.54, 1.807) is 13.1 Å². The number of nitrogens with zero attached hydrogens (tertiary/aromatic N) is 2. The lowest BCUT2D eigenvalue weighted by Gasteiger charge is -2.10. The number of nitrogens with one attached hydrogen (secondary N) is 1. The predicted molar refractivity (Wildman–Crippen MR) is 63.5 cm³/mol. The van der Waals surface area contributed by atoms with Gasteiger partial charge in [-0.2, -0.15) is 0 Å². The molecule has 7 heteroatoms. The van der Waals surface area contributed by atoms with Crippen molar-refractivity contribution in [2.75, 3.05) is 0 Å². The molecule has 2 rings (SSSR count). The van der Waals surface area contributed by atoms with E-state index >= 15 is 0 Å². The van der Waals surface area contributed by atoms with Gasteiger partial charge in [0.1, 0.15) is 0 Å². The van der Waals surface area contributed by atoms with Crippen LogP contribution in [-0.4, -0.2) is 26.7 Å². The van der Waals surface area contributed by atoms with Crippen LogP contribution in [-0.2, 0) is 4.79 Å². The van der Waals surface area contributed by atoms with Gasteiger partial charge in [0.25, 0.3) is 0 Å². The first kappa shape index (κ1) is 12.0. The molecular weight excluding hydrogens is 240 g/mol. The quantitative estimate of drug-likeness (QED) is 0.781. The van der Waals surface area contributed by atoms with Crippen molar-refractivity contribution in [2.24, 2.45) is 5.73 Å². The van der Waals surface area contributed by atoms with E-state index in [2.05, 4.69) is 14.9 Å². The van der Waals surface area contributed by atoms with E-state index < -0.39 is 17.2 Å². The van der Waals surface area contributed by atoms with Crippen molar-refractivity contribution in [3.05, 3.63) is 12.4 Å². The average Bonchev–Trinajstić information content (AvgIpc) is 2.99. The Bertz CT molecular complexity index is 441. The summed E-state index contributed by atoms with van der Waals surface area (Å²) < 4.78 is 2.07. The molecule has 1 heterocycles. The lowest BCUT2D eigenvalue weighted by Crippen LogP contribution is -2.39. The third kappa shape index (κ3) is 3.00. The first-order valence-electron chi connectivity index (χ1n) is 5.37. The number of urea groups is 1. The molecule has 6 nitrogen and oxygen atoms in total. The van der Waals surface area contributed by atoms with E-state index in [0.29, 0.717) is 6.04 Å². The molecule has 1 aromatic heterocycles. The number of rotatable bonds is 4. The molecule has 0 unspecified atom stereocenters. The molecule has 0 aromatic carbocycles. The van der Waals surface area contributed by atoms with Crippen LogP contribution in [0, 0.1) is 0 Å². The van der Waals surface area contributed by atoms with E-state index in [9.17, 15) is 9.59 Å². The minimum atomic E-state index is -0.826. The van der Waals surface area contributed by atoms with Crippen LogP contribution >= 0.6 is 11.8 Å². The van der Waals surface area contributed by atoms with E-state index in [4.69, 9.17) is 5.73 Å². The smallest absolute Gasteiger partial charge is 0.318 e. The van der Waals surface area contributed by atoms with Crippen molar-refractivity contribution in [3.8, 4) is 0 Å². The van der Waals surface area contributed by atoms with Crippen molar-refractivity contribution in [1.29, 1.82) is 0 Å². The van der Waals surface area contributed by atoms with Gasteiger partial charge in [0, 0.05) is 18.4 Å². The summed E-state index contributed by atoms with van der Waals surface area (Å²) in [7, 11) is 0. The molecule has 0 aliphatic heterocycles. The van der Waals surface area contributed by atoms with Gasteiger partial charge in [0.2, 0.25) is 5.91 Å². The van der Waals surface area contributed by atoms with E-state index in [1.807, 2.05) is 6.20 Å². The fraction of sp³-hybridized carbons (Fsp3) is 0.500. The lowest BCUT2D eigenvalue weighted by molar-refractivity contribution is -0.119. The SMILES string of the molecule is C[C@@H](Sc1nccn1C1CC1)C(=O)NC(N)=O. The number of imidazole rings is 1. The van der Waals surface area contributed by atoms with E-state index in [-0.39, 0.29) is 0 Å².